The number of aromatic nitrogens is 2. The van der Waals surface area contributed by atoms with Crippen LogP contribution in [0, 0.1) is 19.8 Å². The highest BCUT2D eigenvalue weighted by molar-refractivity contribution is 5.76. The van der Waals surface area contributed by atoms with Crippen LogP contribution in [0.3, 0.4) is 0 Å². The zero-order chi connectivity index (χ0) is 21.8. The summed E-state index contributed by atoms with van der Waals surface area (Å²) in [4.78, 5) is 27.0. The topological polar surface area (TPSA) is 49.3 Å². The van der Waals surface area contributed by atoms with Crippen LogP contribution in [-0.2, 0) is 11.2 Å². The number of aryl methyl sites for hydroxylation is 2. The molecule has 0 atom stereocenters. The normalized spacial score (nSPS) is 17.4. The largest absolute Gasteiger partial charge is 0.353 e. The van der Waals surface area contributed by atoms with Gasteiger partial charge in [0.25, 0.3) is 0 Å². The van der Waals surface area contributed by atoms with E-state index in [-0.39, 0.29) is 0 Å². The van der Waals surface area contributed by atoms with Crippen molar-refractivity contribution in [3.05, 3.63) is 41.1 Å². The fraction of sp³-hybridized carbons (Fsp3) is 0.577. The van der Waals surface area contributed by atoms with Gasteiger partial charge in [-0.3, -0.25) is 4.79 Å². The van der Waals surface area contributed by atoms with Gasteiger partial charge in [-0.05, 0) is 38.7 Å². The molecule has 166 valence electrons. The first-order chi connectivity index (χ1) is 15.0. The SMILES string of the molecule is CCc1c(C)nc(-c2cccc(C)c2)nc1N1CCN(C(=O)CCC2CCCC2)CC1. The number of anilines is 1. The Kier molecular flexibility index (Phi) is 6.89. The molecule has 0 spiro atoms. The van der Waals surface area contributed by atoms with Gasteiger partial charge in [-0.25, -0.2) is 9.97 Å². The number of piperazine rings is 1. The van der Waals surface area contributed by atoms with Crippen molar-refractivity contribution in [2.24, 2.45) is 5.92 Å². The van der Waals surface area contributed by atoms with Crippen LogP contribution < -0.4 is 4.90 Å². The molecule has 1 saturated heterocycles. The van der Waals surface area contributed by atoms with Crippen molar-refractivity contribution in [1.29, 1.82) is 0 Å². The smallest absolute Gasteiger partial charge is 0.222 e. The van der Waals surface area contributed by atoms with E-state index in [4.69, 9.17) is 9.97 Å². The van der Waals surface area contributed by atoms with Crippen LogP contribution in [0.2, 0.25) is 0 Å². The summed E-state index contributed by atoms with van der Waals surface area (Å²) < 4.78 is 0. The number of benzene rings is 1. The van der Waals surface area contributed by atoms with Crippen molar-refractivity contribution in [2.45, 2.75) is 65.7 Å². The zero-order valence-electron chi connectivity index (χ0n) is 19.4. The van der Waals surface area contributed by atoms with E-state index < -0.39 is 0 Å². The number of hydrogen-bond donors (Lipinski definition) is 0. The molecule has 31 heavy (non-hydrogen) atoms. The van der Waals surface area contributed by atoms with Gasteiger partial charge in [0.05, 0.1) is 0 Å². The number of nitrogens with zero attached hydrogens (tertiary/aromatic N) is 4. The second-order valence-corrected chi connectivity index (χ2v) is 9.21. The predicted molar refractivity (Wildman–Crippen MR) is 126 cm³/mol. The van der Waals surface area contributed by atoms with E-state index in [0.717, 1.165) is 74.3 Å². The lowest BCUT2D eigenvalue weighted by molar-refractivity contribution is -0.131. The maximum atomic E-state index is 12.7. The second kappa shape index (κ2) is 9.80. The van der Waals surface area contributed by atoms with Crippen LogP contribution in [0.15, 0.2) is 24.3 Å². The Morgan fingerprint density at radius 2 is 1.81 bits per heavy atom. The highest BCUT2D eigenvalue weighted by atomic mass is 16.2. The van der Waals surface area contributed by atoms with Gasteiger partial charge in [-0.2, -0.15) is 0 Å². The molecule has 1 saturated carbocycles. The maximum Gasteiger partial charge on any atom is 0.222 e. The number of carbonyl (C=O) groups excluding carboxylic acids is 1. The van der Waals surface area contributed by atoms with Crippen LogP contribution in [0.1, 0.15) is 62.3 Å². The Morgan fingerprint density at radius 3 is 2.48 bits per heavy atom. The monoisotopic (exact) mass is 420 g/mol. The minimum absolute atomic E-state index is 0.335. The average molecular weight is 421 g/mol. The maximum absolute atomic E-state index is 12.7. The quantitative estimate of drug-likeness (QED) is 0.664. The van der Waals surface area contributed by atoms with Gasteiger partial charge in [0.15, 0.2) is 5.82 Å². The zero-order valence-corrected chi connectivity index (χ0v) is 19.4. The lowest BCUT2D eigenvalue weighted by Crippen LogP contribution is -2.49. The fourth-order valence-corrected chi connectivity index (χ4v) is 5.12. The molecule has 1 aliphatic carbocycles. The lowest BCUT2D eigenvalue weighted by Gasteiger charge is -2.36. The molecule has 2 aromatic rings. The Labute approximate surface area is 186 Å². The lowest BCUT2D eigenvalue weighted by atomic mass is 10.0. The molecule has 0 bridgehead atoms. The summed E-state index contributed by atoms with van der Waals surface area (Å²) in [5.41, 5.74) is 4.55. The van der Waals surface area contributed by atoms with Gasteiger partial charge in [-0.1, -0.05) is 56.4 Å². The van der Waals surface area contributed by atoms with Gasteiger partial charge in [0.2, 0.25) is 5.91 Å². The Morgan fingerprint density at radius 1 is 1.06 bits per heavy atom. The summed E-state index contributed by atoms with van der Waals surface area (Å²) >= 11 is 0. The van der Waals surface area contributed by atoms with E-state index in [9.17, 15) is 4.79 Å². The third kappa shape index (κ3) is 5.08. The van der Waals surface area contributed by atoms with Gasteiger partial charge in [0, 0.05) is 49.4 Å². The van der Waals surface area contributed by atoms with Crippen molar-refractivity contribution in [1.82, 2.24) is 14.9 Å². The van der Waals surface area contributed by atoms with Gasteiger partial charge < -0.3 is 9.80 Å². The van der Waals surface area contributed by atoms with Crippen LogP contribution in [0.5, 0.6) is 0 Å². The first kappa shape index (κ1) is 21.8. The molecule has 5 heteroatoms. The first-order valence-electron chi connectivity index (χ1n) is 12.0. The third-order valence-electron chi connectivity index (χ3n) is 6.99. The molecule has 2 aliphatic rings. The first-order valence-corrected chi connectivity index (χ1v) is 12.0. The summed E-state index contributed by atoms with van der Waals surface area (Å²) in [6.45, 7) is 9.61. The predicted octanol–water partition coefficient (Wildman–Crippen LogP) is 4.94. The summed E-state index contributed by atoms with van der Waals surface area (Å²) in [6, 6.07) is 8.39. The minimum Gasteiger partial charge on any atom is -0.353 e. The number of carbonyl (C=O) groups is 1. The van der Waals surface area contributed by atoms with Crippen molar-refractivity contribution in [3.8, 4) is 11.4 Å². The molecular formula is C26H36N4O. The van der Waals surface area contributed by atoms with Crippen LogP contribution in [-0.4, -0.2) is 47.0 Å². The third-order valence-corrected chi connectivity index (χ3v) is 6.99. The van der Waals surface area contributed by atoms with Crippen molar-refractivity contribution in [2.75, 3.05) is 31.1 Å². The van der Waals surface area contributed by atoms with Crippen molar-refractivity contribution in [3.63, 3.8) is 0 Å². The van der Waals surface area contributed by atoms with E-state index in [1.54, 1.807) is 0 Å². The average Bonchev–Trinajstić information content (AvgIpc) is 3.31. The molecule has 0 N–H and O–H groups in total. The molecular weight excluding hydrogens is 384 g/mol. The number of hydrogen-bond acceptors (Lipinski definition) is 4. The Bertz CT molecular complexity index is 912. The van der Waals surface area contributed by atoms with Gasteiger partial charge >= 0.3 is 0 Å². The highest BCUT2D eigenvalue weighted by Crippen LogP contribution is 2.29. The molecule has 1 aromatic heterocycles. The van der Waals surface area contributed by atoms with E-state index in [0.29, 0.717) is 5.91 Å². The summed E-state index contributed by atoms with van der Waals surface area (Å²) in [6.07, 6.45) is 8.03. The van der Waals surface area contributed by atoms with Crippen LogP contribution >= 0.6 is 0 Å². The summed E-state index contributed by atoms with van der Waals surface area (Å²) in [5.74, 6) is 2.95. The molecule has 4 rings (SSSR count). The number of amides is 1. The highest BCUT2D eigenvalue weighted by Gasteiger charge is 2.25. The minimum atomic E-state index is 0.335. The van der Waals surface area contributed by atoms with E-state index in [1.165, 1.54) is 36.8 Å². The summed E-state index contributed by atoms with van der Waals surface area (Å²) in [7, 11) is 0. The van der Waals surface area contributed by atoms with Crippen LogP contribution in [0.25, 0.3) is 11.4 Å². The Balaban J connectivity index is 1.45. The fourth-order valence-electron chi connectivity index (χ4n) is 5.12. The van der Waals surface area contributed by atoms with Crippen molar-refractivity contribution < 1.29 is 4.79 Å². The molecule has 2 heterocycles. The van der Waals surface area contributed by atoms with E-state index in [1.807, 2.05) is 0 Å². The van der Waals surface area contributed by atoms with Crippen molar-refractivity contribution >= 4 is 11.7 Å². The Hall–Kier alpha value is -2.43. The molecule has 0 radical (unpaired) electrons. The molecule has 5 nitrogen and oxygen atoms in total. The van der Waals surface area contributed by atoms with E-state index >= 15 is 0 Å². The molecule has 1 aliphatic heterocycles. The second-order valence-electron chi connectivity index (χ2n) is 9.21. The molecule has 1 amide bonds. The van der Waals surface area contributed by atoms with Gasteiger partial charge in [-0.15, -0.1) is 0 Å². The van der Waals surface area contributed by atoms with E-state index in [2.05, 4.69) is 54.8 Å². The number of rotatable bonds is 6. The standard InChI is InChI=1S/C26H36N4O/c1-4-23-20(3)27-25(22-11-7-8-19(2)18-22)28-26(23)30-16-14-29(15-17-30)24(31)13-12-21-9-5-6-10-21/h7-8,11,18,21H,4-6,9-10,12-17H2,1-3H3. The van der Waals surface area contributed by atoms with Gasteiger partial charge in [0.1, 0.15) is 5.82 Å². The van der Waals surface area contributed by atoms with Crippen LogP contribution in [0.4, 0.5) is 5.82 Å². The molecule has 0 unspecified atom stereocenters. The molecule has 1 aromatic carbocycles. The molecule has 2 fully saturated rings. The summed E-state index contributed by atoms with van der Waals surface area (Å²) in [5, 5.41) is 0.